The van der Waals surface area contributed by atoms with Crippen LogP contribution in [0, 0.1) is 23.7 Å². The van der Waals surface area contributed by atoms with Gasteiger partial charge >= 0.3 is 0 Å². The molecular weight excluding hydrogens is 146 g/mol. The van der Waals surface area contributed by atoms with Gasteiger partial charge < -0.3 is 4.90 Å². The van der Waals surface area contributed by atoms with Crippen molar-refractivity contribution in [1.82, 2.24) is 4.90 Å². The second-order valence-corrected chi connectivity index (χ2v) is 5.13. The fourth-order valence-corrected chi connectivity index (χ4v) is 3.36. The van der Waals surface area contributed by atoms with Crippen LogP contribution in [0.25, 0.3) is 0 Å². The molecule has 3 atom stereocenters. The Morgan fingerprint density at radius 2 is 1.92 bits per heavy atom. The van der Waals surface area contributed by atoms with Crippen LogP contribution in [0.4, 0.5) is 0 Å². The monoisotopic (exact) mass is 167 g/mol. The van der Waals surface area contributed by atoms with Gasteiger partial charge in [-0.15, -0.1) is 0 Å². The fraction of sp³-hybridized carbons (Fsp3) is 1.00. The van der Waals surface area contributed by atoms with Gasteiger partial charge in [0.05, 0.1) is 0 Å². The molecule has 1 unspecified atom stereocenters. The number of nitrogens with zero attached hydrogens (tertiary/aromatic N) is 1. The van der Waals surface area contributed by atoms with E-state index < -0.39 is 0 Å². The number of rotatable bonds is 1. The van der Waals surface area contributed by atoms with Crippen molar-refractivity contribution in [2.45, 2.75) is 26.7 Å². The molecule has 1 aliphatic heterocycles. The van der Waals surface area contributed by atoms with E-state index in [0.717, 1.165) is 23.7 Å². The minimum absolute atomic E-state index is 0.909. The van der Waals surface area contributed by atoms with Crippen molar-refractivity contribution in [2.75, 3.05) is 20.1 Å². The molecule has 0 N–H and O–H groups in total. The van der Waals surface area contributed by atoms with Gasteiger partial charge in [0.25, 0.3) is 0 Å². The summed E-state index contributed by atoms with van der Waals surface area (Å²) in [7, 11) is 2.27. The van der Waals surface area contributed by atoms with Crippen LogP contribution < -0.4 is 0 Å². The van der Waals surface area contributed by atoms with E-state index in [9.17, 15) is 0 Å². The van der Waals surface area contributed by atoms with Crippen LogP contribution in [0.15, 0.2) is 0 Å². The maximum absolute atomic E-state index is 2.52. The van der Waals surface area contributed by atoms with E-state index in [-0.39, 0.29) is 0 Å². The van der Waals surface area contributed by atoms with Crippen LogP contribution in [-0.4, -0.2) is 25.0 Å². The van der Waals surface area contributed by atoms with Gasteiger partial charge in [0, 0.05) is 13.1 Å². The van der Waals surface area contributed by atoms with Gasteiger partial charge in [0.1, 0.15) is 0 Å². The van der Waals surface area contributed by atoms with Crippen LogP contribution in [0.5, 0.6) is 0 Å². The maximum Gasteiger partial charge on any atom is 0.00126 e. The summed E-state index contributed by atoms with van der Waals surface area (Å²) in [6.07, 6.45) is 3.00. The Morgan fingerprint density at radius 1 is 1.17 bits per heavy atom. The minimum Gasteiger partial charge on any atom is -0.306 e. The third-order valence-electron chi connectivity index (χ3n) is 3.95. The molecule has 2 rings (SSSR count). The third-order valence-corrected chi connectivity index (χ3v) is 3.95. The van der Waals surface area contributed by atoms with Gasteiger partial charge in [-0.05, 0) is 43.6 Å². The van der Waals surface area contributed by atoms with Crippen molar-refractivity contribution in [3.05, 3.63) is 0 Å². The highest BCUT2D eigenvalue weighted by atomic mass is 15.1. The Bertz CT molecular complexity index is 164. The Balaban J connectivity index is 2.03. The molecule has 0 aromatic carbocycles. The first kappa shape index (κ1) is 8.55. The Labute approximate surface area is 76.1 Å². The summed E-state index contributed by atoms with van der Waals surface area (Å²) >= 11 is 0. The predicted octanol–water partition coefficient (Wildman–Crippen LogP) is 2.23. The van der Waals surface area contributed by atoms with Gasteiger partial charge in [-0.1, -0.05) is 13.8 Å². The zero-order chi connectivity index (χ0) is 8.72. The van der Waals surface area contributed by atoms with Gasteiger partial charge in [-0.2, -0.15) is 0 Å². The molecule has 2 aliphatic rings. The summed E-state index contributed by atoms with van der Waals surface area (Å²) in [6, 6.07) is 0. The second kappa shape index (κ2) is 3.02. The van der Waals surface area contributed by atoms with Crippen LogP contribution in [0.1, 0.15) is 26.7 Å². The van der Waals surface area contributed by atoms with E-state index in [2.05, 4.69) is 25.8 Å². The van der Waals surface area contributed by atoms with Gasteiger partial charge in [0.15, 0.2) is 0 Å². The molecular formula is C11H21N. The van der Waals surface area contributed by atoms with Gasteiger partial charge in [-0.3, -0.25) is 0 Å². The van der Waals surface area contributed by atoms with Crippen molar-refractivity contribution in [1.29, 1.82) is 0 Å². The van der Waals surface area contributed by atoms with E-state index in [1.165, 1.54) is 25.9 Å². The van der Waals surface area contributed by atoms with Crippen LogP contribution >= 0.6 is 0 Å². The van der Waals surface area contributed by atoms with Crippen LogP contribution in [0.3, 0.4) is 0 Å². The average Bonchev–Trinajstić information content (AvgIpc) is 2.43. The standard InChI is InChI=1S/C11H21N/c1-8(2)10-5-4-9-6-12(3)7-11(9)10/h8-11H,4-7H2,1-3H3/t9-,10?,11+/m0/s1. The van der Waals surface area contributed by atoms with E-state index in [4.69, 9.17) is 0 Å². The van der Waals surface area contributed by atoms with Crippen molar-refractivity contribution < 1.29 is 0 Å². The third kappa shape index (κ3) is 1.28. The zero-order valence-electron chi connectivity index (χ0n) is 8.59. The molecule has 12 heavy (non-hydrogen) atoms. The van der Waals surface area contributed by atoms with Crippen molar-refractivity contribution in [3.63, 3.8) is 0 Å². The first-order chi connectivity index (χ1) is 5.68. The Morgan fingerprint density at radius 3 is 2.58 bits per heavy atom. The lowest BCUT2D eigenvalue weighted by molar-refractivity contribution is 0.270. The number of fused-ring (bicyclic) bond motifs is 1. The minimum atomic E-state index is 0.909. The van der Waals surface area contributed by atoms with Crippen LogP contribution in [-0.2, 0) is 0 Å². The molecule has 1 nitrogen and oxygen atoms in total. The summed E-state index contributed by atoms with van der Waals surface area (Å²) in [5.74, 6) is 4.02. The lowest BCUT2D eigenvalue weighted by atomic mass is 9.84. The average molecular weight is 167 g/mol. The quantitative estimate of drug-likeness (QED) is 0.579. The molecule has 70 valence electrons. The lowest BCUT2D eigenvalue weighted by Crippen LogP contribution is -2.21. The SMILES string of the molecule is CC(C)C1CC[C@H]2CN(C)C[C@@H]12. The molecule has 1 heterocycles. The van der Waals surface area contributed by atoms with E-state index in [1.807, 2.05) is 0 Å². The largest absolute Gasteiger partial charge is 0.306 e. The highest BCUT2D eigenvalue weighted by Crippen LogP contribution is 2.44. The molecule has 1 aliphatic carbocycles. The summed E-state index contributed by atoms with van der Waals surface area (Å²) in [5, 5.41) is 0. The Kier molecular flexibility index (Phi) is 2.16. The molecule has 1 heteroatoms. The predicted molar refractivity (Wildman–Crippen MR) is 52.0 cm³/mol. The molecule has 0 bridgehead atoms. The zero-order valence-corrected chi connectivity index (χ0v) is 8.59. The highest BCUT2D eigenvalue weighted by molar-refractivity contribution is 4.93. The van der Waals surface area contributed by atoms with Crippen molar-refractivity contribution in [3.8, 4) is 0 Å². The van der Waals surface area contributed by atoms with Gasteiger partial charge in [-0.25, -0.2) is 0 Å². The molecule has 0 aromatic rings. The van der Waals surface area contributed by atoms with E-state index >= 15 is 0 Å². The molecule has 0 amide bonds. The van der Waals surface area contributed by atoms with Crippen molar-refractivity contribution >= 4 is 0 Å². The fourth-order valence-electron chi connectivity index (χ4n) is 3.36. The molecule has 0 aromatic heterocycles. The number of hydrogen-bond acceptors (Lipinski definition) is 1. The molecule has 0 radical (unpaired) electrons. The van der Waals surface area contributed by atoms with E-state index in [0.29, 0.717) is 0 Å². The highest BCUT2D eigenvalue weighted by Gasteiger charge is 2.42. The van der Waals surface area contributed by atoms with Crippen molar-refractivity contribution in [2.24, 2.45) is 23.7 Å². The Hall–Kier alpha value is -0.0400. The summed E-state index contributed by atoms with van der Waals surface area (Å²) < 4.78 is 0. The molecule has 1 saturated heterocycles. The molecule has 1 saturated carbocycles. The van der Waals surface area contributed by atoms with Crippen LogP contribution in [0.2, 0.25) is 0 Å². The maximum atomic E-state index is 2.52. The summed E-state index contributed by atoms with van der Waals surface area (Å²) in [5.41, 5.74) is 0. The second-order valence-electron chi connectivity index (χ2n) is 5.13. The summed E-state index contributed by atoms with van der Waals surface area (Å²) in [4.78, 5) is 2.52. The number of likely N-dealkylation sites (tertiary alicyclic amines) is 1. The smallest absolute Gasteiger partial charge is 0.00126 e. The topological polar surface area (TPSA) is 3.24 Å². The lowest BCUT2D eigenvalue weighted by Gasteiger charge is -2.22. The number of hydrogen-bond donors (Lipinski definition) is 0. The first-order valence-corrected chi connectivity index (χ1v) is 5.37. The molecule has 0 spiro atoms. The normalized spacial score (nSPS) is 42.5. The van der Waals surface area contributed by atoms with E-state index in [1.54, 1.807) is 0 Å². The van der Waals surface area contributed by atoms with Gasteiger partial charge in [0.2, 0.25) is 0 Å². The first-order valence-electron chi connectivity index (χ1n) is 5.37. The molecule has 2 fully saturated rings. The summed E-state index contributed by atoms with van der Waals surface area (Å²) in [6.45, 7) is 7.53.